The minimum atomic E-state index is -0.791. The molecule has 0 saturated carbocycles. The van der Waals surface area contributed by atoms with E-state index in [1.165, 1.54) is 6.07 Å². The van der Waals surface area contributed by atoms with Crippen LogP contribution >= 0.6 is 0 Å². The van der Waals surface area contributed by atoms with E-state index in [1.54, 1.807) is 4.90 Å². The van der Waals surface area contributed by atoms with Gasteiger partial charge in [0.15, 0.2) is 11.6 Å². The Morgan fingerprint density at radius 3 is 2.60 bits per heavy atom. The maximum Gasteiger partial charge on any atom is 0.226 e. The summed E-state index contributed by atoms with van der Waals surface area (Å²) in [5, 5.41) is 0. The molecule has 1 aromatic rings. The third-order valence-electron chi connectivity index (χ3n) is 3.14. The van der Waals surface area contributed by atoms with Crippen molar-refractivity contribution < 1.29 is 23.1 Å². The quantitative estimate of drug-likeness (QED) is 0.848. The van der Waals surface area contributed by atoms with Crippen molar-refractivity contribution in [2.75, 3.05) is 19.7 Å². The molecule has 0 aromatic heterocycles. The van der Waals surface area contributed by atoms with Gasteiger partial charge in [-0.05, 0) is 12.1 Å². The van der Waals surface area contributed by atoms with E-state index in [0.717, 1.165) is 12.1 Å². The second kappa shape index (κ2) is 6.45. The van der Waals surface area contributed by atoms with Crippen molar-refractivity contribution in [3.05, 3.63) is 29.8 Å². The molecule has 1 heterocycles. The Bertz CT molecular complexity index is 509. The molecular weight excluding hydrogens is 268 g/mol. The Hall–Kier alpha value is -1.98. The molecule has 1 aliphatic heterocycles. The number of amides is 1. The fourth-order valence-electron chi connectivity index (χ4n) is 2.00. The van der Waals surface area contributed by atoms with Gasteiger partial charge in [0.2, 0.25) is 5.91 Å². The second-order valence-corrected chi connectivity index (χ2v) is 4.59. The van der Waals surface area contributed by atoms with Gasteiger partial charge in [-0.2, -0.15) is 0 Å². The number of nitrogens with zero attached hydrogens (tertiary/aromatic N) is 1. The molecular formula is C14H15F2NO3. The number of likely N-dealkylation sites (tertiary alicyclic amines) is 1. The average molecular weight is 283 g/mol. The summed E-state index contributed by atoms with van der Waals surface area (Å²) < 4.78 is 31.1. The molecule has 1 amide bonds. The summed E-state index contributed by atoms with van der Waals surface area (Å²) in [6, 6.07) is 3.01. The van der Waals surface area contributed by atoms with Gasteiger partial charge in [0, 0.05) is 32.0 Å². The number of rotatable bonds is 4. The maximum absolute atomic E-state index is 13.3. The van der Waals surface area contributed by atoms with Crippen molar-refractivity contribution in [2.45, 2.75) is 19.3 Å². The van der Waals surface area contributed by atoms with Crippen molar-refractivity contribution in [1.82, 2.24) is 4.90 Å². The van der Waals surface area contributed by atoms with Gasteiger partial charge in [-0.15, -0.1) is 0 Å². The number of ether oxygens (including phenoxy) is 1. The predicted octanol–water partition coefficient (Wildman–Crippen LogP) is 1.93. The Morgan fingerprint density at radius 1 is 1.25 bits per heavy atom. The molecule has 6 heteroatoms. The molecule has 1 aromatic carbocycles. The first-order valence-corrected chi connectivity index (χ1v) is 6.43. The van der Waals surface area contributed by atoms with Crippen molar-refractivity contribution in [3.63, 3.8) is 0 Å². The van der Waals surface area contributed by atoms with Crippen molar-refractivity contribution >= 4 is 11.7 Å². The van der Waals surface area contributed by atoms with Crippen LogP contribution in [0.3, 0.4) is 0 Å². The van der Waals surface area contributed by atoms with Gasteiger partial charge in [-0.1, -0.05) is 0 Å². The number of Topliss-reactive ketones (excluding diaryl/α,β-unsaturated/α-hetero) is 1. The monoisotopic (exact) mass is 283 g/mol. The number of halogens is 2. The molecule has 0 aliphatic carbocycles. The number of hydrogen-bond donors (Lipinski definition) is 0. The first kappa shape index (κ1) is 14.4. The largest absolute Gasteiger partial charge is 0.490 e. The number of carbonyl (C=O) groups excluding carboxylic acids is 2. The molecule has 0 radical (unpaired) electrons. The lowest BCUT2D eigenvalue weighted by Gasteiger charge is -2.26. The lowest BCUT2D eigenvalue weighted by atomic mass is 10.1. The first-order valence-electron chi connectivity index (χ1n) is 6.43. The highest BCUT2D eigenvalue weighted by molar-refractivity contribution is 5.83. The fourth-order valence-corrected chi connectivity index (χ4v) is 2.00. The molecule has 2 rings (SSSR count). The number of benzene rings is 1. The van der Waals surface area contributed by atoms with Gasteiger partial charge in [0.1, 0.15) is 11.6 Å². The van der Waals surface area contributed by atoms with Crippen LogP contribution < -0.4 is 4.74 Å². The summed E-state index contributed by atoms with van der Waals surface area (Å²) in [4.78, 5) is 24.5. The van der Waals surface area contributed by atoms with Gasteiger partial charge in [-0.3, -0.25) is 9.59 Å². The molecule has 1 saturated heterocycles. The summed E-state index contributed by atoms with van der Waals surface area (Å²) in [5.74, 6) is -1.50. The molecule has 0 spiro atoms. The Labute approximate surface area is 115 Å². The van der Waals surface area contributed by atoms with Gasteiger partial charge >= 0.3 is 0 Å². The topological polar surface area (TPSA) is 46.6 Å². The highest BCUT2D eigenvalue weighted by Crippen LogP contribution is 2.18. The van der Waals surface area contributed by atoms with E-state index in [0.29, 0.717) is 25.9 Å². The molecule has 1 aliphatic rings. The highest BCUT2D eigenvalue weighted by atomic mass is 19.1. The van der Waals surface area contributed by atoms with Crippen LogP contribution in [0.2, 0.25) is 0 Å². The number of carbonyl (C=O) groups is 2. The van der Waals surface area contributed by atoms with E-state index >= 15 is 0 Å². The van der Waals surface area contributed by atoms with E-state index in [4.69, 9.17) is 4.74 Å². The molecule has 0 bridgehead atoms. The SMILES string of the molecule is O=C1CCN(C(=O)CCOc2ccc(F)cc2F)CC1. The van der Waals surface area contributed by atoms with Gasteiger partial charge in [0.05, 0.1) is 13.0 Å². The van der Waals surface area contributed by atoms with Gasteiger partial charge in [0.25, 0.3) is 0 Å². The summed E-state index contributed by atoms with van der Waals surface area (Å²) >= 11 is 0. The van der Waals surface area contributed by atoms with Gasteiger partial charge < -0.3 is 9.64 Å². The van der Waals surface area contributed by atoms with Crippen LogP contribution in [-0.2, 0) is 9.59 Å². The van der Waals surface area contributed by atoms with Crippen LogP contribution in [-0.4, -0.2) is 36.3 Å². The predicted molar refractivity (Wildman–Crippen MR) is 67.3 cm³/mol. The normalized spacial score (nSPS) is 15.3. The summed E-state index contributed by atoms with van der Waals surface area (Å²) in [6.45, 7) is 0.886. The number of ketones is 1. The molecule has 1 fully saturated rings. The van der Waals surface area contributed by atoms with E-state index in [9.17, 15) is 18.4 Å². The highest BCUT2D eigenvalue weighted by Gasteiger charge is 2.20. The van der Waals surface area contributed by atoms with E-state index in [1.807, 2.05) is 0 Å². The zero-order chi connectivity index (χ0) is 14.5. The lowest BCUT2D eigenvalue weighted by Crippen LogP contribution is -2.39. The van der Waals surface area contributed by atoms with Crippen LogP contribution in [0.5, 0.6) is 5.75 Å². The third-order valence-corrected chi connectivity index (χ3v) is 3.14. The summed E-state index contributed by atoms with van der Waals surface area (Å²) in [6.07, 6.45) is 0.878. The molecule has 0 atom stereocenters. The minimum absolute atomic E-state index is 0.0197. The Morgan fingerprint density at radius 2 is 1.95 bits per heavy atom. The fraction of sp³-hybridized carbons (Fsp3) is 0.429. The molecule has 20 heavy (non-hydrogen) atoms. The number of hydrogen-bond acceptors (Lipinski definition) is 3. The molecule has 0 N–H and O–H groups in total. The van der Waals surface area contributed by atoms with Crippen LogP contribution in [0, 0.1) is 11.6 Å². The molecule has 0 unspecified atom stereocenters. The smallest absolute Gasteiger partial charge is 0.226 e. The van der Waals surface area contributed by atoms with Crippen molar-refractivity contribution in [2.24, 2.45) is 0 Å². The van der Waals surface area contributed by atoms with Crippen molar-refractivity contribution in [3.8, 4) is 5.75 Å². The van der Waals surface area contributed by atoms with Crippen LogP contribution in [0.25, 0.3) is 0 Å². The van der Waals surface area contributed by atoms with E-state index < -0.39 is 11.6 Å². The Balaban J connectivity index is 1.78. The maximum atomic E-state index is 13.3. The number of piperidine rings is 1. The minimum Gasteiger partial charge on any atom is -0.490 e. The second-order valence-electron chi connectivity index (χ2n) is 4.59. The zero-order valence-electron chi connectivity index (χ0n) is 10.9. The average Bonchev–Trinajstić information content (AvgIpc) is 2.42. The van der Waals surface area contributed by atoms with Crippen LogP contribution in [0.15, 0.2) is 18.2 Å². The van der Waals surface area contributed by atoms with E-state index in [-0.39, 0.29) is 30.5 Å². The van der Waals surface area contributed by atoms with Crippen LogP contribution in [0.4, 0.5) is 8.78 Å². The summed E-state index contributed by atoms with van der Waals surface area (Å²) in [7, 11) is 0. The Kier molecular flexibility index (Phi) is 4.65. The lowest BCUT2D eigenvalue weighted by molar-refractivity contribution is -0.134. The third kappa shape index (κ3) is 3.76. The molecule has 4 nitrogen and oxygen atoms in total. The first-order chi connectivity index (χ1) is 9.56. The zero-order valence-corrected chi connectivity index (χ0v) is 10.9. The van der Waals surface area contributed by atoms with Crippen LogP contribution in [0.1, 0.15) is 19.3 Å². The van der Waals surface area contributed by atoms with Gasteiger partial charge in [-0.25, -0.2) is 8.78 Å². The van der Waals surface area contributed by atoms with Crippen molar-refractivity contribution in [1.29, 1.82) is 0 Å². The standard InChI is InChI=1S/C14H15F2NO3/c15-10-1-2-13(12(16)9-10)20-8-5-14(19)17-6-3-11(18)4-7-17/h1-2,9H,3-8H2. The van der Waals surface area contributed by atoms with E-state index in [2.05, 4.69) is 0 Å². The molecule has 108 valence electrons. The summed E-state index contributed by atoms with van der Waals surface area (Å²) in [5.41, 5.74) is 0.